The number of hydrogen-bond donors (Lipinski definition) is 3. The van der Waals surface area contributed by atoms with E-state index in [2.05, 4.69) is 41.6 Å². The molecule has 2 heterocycles. The number of anilines is 1. The number of carbonyl (C=O) groups is 1. The monoisotopic (exact) mass is 330 g/mol. The van der Waals surface area contributed by atoms with Gasteiger partial charge in [-0.3, -0.25) is 9.89 Å². The zero-order valence-corrected chi connectivity index (χ0v) is 14.5. The quantitative estimate of drug-likeness (QED) is 0.756. The minimum absolute atomic E-state index is 0.164. The number of aromatic amines is 1. The van der Waals surface area contributed by atoms with Crippen molar-refractivity contribution >= 4 is 23.4 Å². The molecule has 5 nitrogen and oxygen atoms in total. The molecule has 1 aliphatic heterocycles. The number of amides is 1. The minimum Gasteiger partial charge on any atom is -0.321 e. The topological polar surface area (TPSA) is 69.8 Å². The van der Waals surface area contributed by atoms with Crippen LogP contribution in [0.1, 0.15) is 42.5 Å². The number of benzene rings is 1. The van der Waals surface area contributed by atoms with Crippen molar-refractivity contribution in [1.82, 2.24) is 15.5 Å². The smallest absolute Gasteiger partial charge is 0.276 e. The molecule has 3 rings (SSSR count). The average molecular weight is 330 g/mol. The molecule has 0 fully saturated rings. The second-order valence-corrected chi connectivity index (χ2v) is 8.55. The Morgan fingerprint density at radius 3 is 2.70 bits per heavy atom. The van der Waals surface area contributed by atoms with Gasteiger partial charge in [0.1, 0.15) is 0 Å². The first-order valence-electron chi connectivity index (χ1n) is 7.80. The summed E-state index contributed by atoms with van der Waals surface area (Å²) in [5.74, 6) is -0.164. The Labute approximate surface area is 140 Å². The normalized spacial score (nSPS) is 14.4. The molecule has 2 aromatic rings. The van der Waals surface area contributed by atoms with Crippen LogP contribution in [0.3, 0.4) is 0 Å². The van der Waals surface area contributed by atoms with Gasteiger partial charge in [-0.1, -0.05) is 20.8 Å². The van der Waals surface area contributed by atoms with Gasteiger partial charge in [-0.15, -0.1) is 11.8 Å². The molecule has 1 aliphatic rings. The fourth-order valence-corrected chi connectivity index (χ4v) is 3.54. The van der Waals surface area contributed by atoms with Crippen molar-refractivity contribution in [3.05, 3.63) is 41.2 Å². The van der Waals surface area contributed by atoms with Crippen LogP contribution in [0.4, 0.5) is 5.69 Å². The van der Waals surface area contributed by atoms with Gasteiger partial charge in [-0.25, -0.2) is 0 Å². The summed E-state index contributed by atoms with van der Waals surface area (Å²) in [6.45, 7) is 8.16. The van der Waals surface area contributed by atoms with Crippen molar-refractivity contribution < 1.29 is 4.79 Å². The van der Waals surface area contributed by atoms with Gasteiger partial charge in [0, 0.05) is 46.1 Å². The van der Waals surface area contributed by atoms with Gasteiger partial charge in [0.15, 0.2) is 5.69 Å². The predicted molar refractivity (Wildman–Crippen MR) is 94.0 cm³/mol. The van der Waals surface area contributed by atoms with Crippen molar-refractivity contribution in [2.24, 2.45) is 0 Å². The molecular weight excluding hydrogens is 308 g/mol. The molecule has 0 saturated heterocycles. The van der Waals surface area contributed by atoms with Gasteiger partial charge in [0.2, 0.25) is 0 Å². The number of thioether (sulfide) groups is 1. The number of aromatic nitrogens is 2. The van der Waals surface area contributed by atoms with E-state index in [1.54, 1.807) is 11.8 Å². The second kappa shape index (κ2) is 6.37. The van der Waals surface area contributed by atoms with Gasteiger partial charge < -0.3 is 10.6 Å². The van der Waals surface area contributed by atoms with Gasteiger partial charge in [-0.2, -0.15) is 5.10 Å². The summed E-state index contributed by atoms with van der Waals surface area (Å²) in [6, 6.07) is 7.94. The molecule has 3 N–H and O–H groups in total. The highest BCUT2D eigenvalue weighted by molar-refractivity contribution is 8.00. The maximum absolute atomic E-state index is 12.4. The van der Waals surface area contributed by atoms with Crippen molar-refractivity contribution in [3.63, 3.8) is 0 Å². The summed E-state index contributed by atoms with van der Waals surface area (Å²) in [6.07, 6.45) is 0.883. The molecule has 0 atom stereocenters. The number of nitrogens with one attached hydrogen (secondary N) is 3. The summed E-state index contributed by atoms with van der Waals surface area (Å²) in [7, 11) is 0. The Bertz CT molecular complexity index is 700. The zero-order chi connectivity index (χ0) is 16.4. The molecule has 0 saturated carbocycles. The molecule has 0 bridgehead atoms. The summed E-state index contributed by atoms with van der Waals surface area (Å²) >= 11 is 1.81. The summed E-state index contributed by atoms with van der Waals surface area (Å²) in [5.41, 5.74) is 3.31. The lowest BCUT2D eigenvalue weighted by Gasteiger charge is -2.17. The number of fused-ring (bicyclic) bond motifs is 1. The lowest BCUT2D eigenvalue weighted by molar-refractivity contribution is 0.102. The fourth-order valence-electron chi connectivity index (χ4n) is 2.56. The number of hydrogen-bond acceptors (Lipinski definition) is 4. The van der Waals surface area contributed by atoms with Crippen molar-refractivity contribution in [1.29, 1.82) is 0 Å². The van der Waals surface area contributed by atoms with E-state index in [0.717, 1.165) is 29.9 Å². The van der Waals surface area contributed by atoms with Crippen LogP contribution in [0.25, 0.3) is 0 Å². The van der Waals surface area contributed by atoms with Crippen molar-refractivity contribution in [2.75, 3.05) is 11.9 Å². The number of carbonyl (C=O) groups excluding carboxylic acids is 1. The maximum Gasteiger partial charge on any atom is 0.276 e. The van der Waals surface area contributed by atoms with Crippen molar-refractivity contribution in [3.8, 4) is 0 Å². The zero-order valence-electron chi connectivity index (χ0n) is 13.7. The number of nitrogens with zero attached hydrogens (tertiary/aromatic N) is 1. The van der Waals surface area contributed by atoms with Gasteiger partial charge in [-0.05, 0) is 24.3 Å². The second-order valence-electron chi connectivity index (χ2n) is 6.65. The third-order valence-corrected chi connectivity index (χ3v) is 4.68. The third-order valence-electron chi connectivity index (χ3n) is 3.56. The Hall–Kier alpha value is -1.79. The van der Waals surface area contributed by atoms with E-state index in [1.165, 1.54) is 4.90 Å². The molecule has 6 heteroatoms. The van der Waals surface area contributed by atoms with Crippen LogP contribution in [-0.2, 0) is 13.0 Å². The molecule has 1 aromatic carbocycles. The summed E-state index contributed by atoms with van der Waals surface area (Å²) in [4.78, 5) is 13.6. The van der Waals surface area contributed by atoms with E-state index in [1.807, 2.05) is 24.3 Å². The highest BCUT2D eigenvalue weighted by atomic mass is 32.2. The first kappa shape index (κ1) is 16.1. The lowest BCUT2D eigenvalue weighted by atomic mass is 10.1. The van der Waals surface area contributed by atoms with Crippen LogP contribution in [0, 0.1) is 0 Å². The Morgan fingerprint density at radius 1 is 1.26 bits per heavy atom. The van der Waals surface area contributed by atoms with Crippen molar-refractivity contribution in [2.45, 2.75) is 43.4 Å². The SMILES string of the molecule is CC(C)(C)Sc1ccc(NC(=O)c2n[nH]c3c2CNCC3)cc1. The van der Waals surface area contributed by atoms with Crippen LogP contribution >= 0.6 is 11.8 Å². The molecule has 0 spiro atoms. The Balaban J connectivity index is 1.69. The van der Waals surface area contributed by atoms with Crippen LogP contribution in [-0.4, -0.2) is 27.4 Å². The first-order chi connectivity index (χ1) is 10.9. The molecule has 1 amide bonds. The third kappa shape index (κ3) is 3.95. The van der Waals surface area contributed by atoms with E-state index in [0.29, 0.717) is 12.2 Å². The maximum atomic E-state index is 12.4. The molecule has 0 unspecified atom stereocenters. The highest BCUT2D eigenvalue weighted by Gasteiger charge is 2.21. The fraction of sp³-hybridized carbons (Fsp3) is 0.412. The molecular formula is C17H22N4OS. The number of H-pyrrole nitrogens is 1. The standard InChI is InChI=1S/C17H22N4OS/c1-17(2,3)23-12-6-4-11(5-7-12)19-16(22)15-13-10-18-9-8-14(13)20-21-15/h4-7,18H,8-10H2,1-3H3,(H,19,22)(H,20,21). The summed E-state index contributed by atoms with van der Waals surface area (Å²) in [5, 5.41) is 13.4. The van der Waals surface area contributed by atoms with Crippen LogP contribution < -0.4 is 10.6 Å². The molecule has 23 heavy (non-hydrogen) atoms. The minimum atomic E-state index is -0.164. The van der Waals surface area contributed by atoms with E-state index >= 15 is 0 Å². The van der Waals surface area contributed by atoms with Gasteiger partial charge in [0.05, 0.1) is 0 Å². The average Bonchev–Trinajstić information content (AvgIpc) is 2.92. The first-order valence-corrected chi connectivity index (χ1v) is 8.61. The van der Waals surface area contributed by atoms with Gasteiger partial charge in [0.25, 0.3) is 5.91 Å². The summed E-state index contributed by atoms with van der Waals surface area (Å²) < 4.78 is 0.172. The van der Waals surface area contributed by atoms with E-state index in [4.69, 9.17) is 0 Å². The van der Waals surface area contributed by atoms with E-state index in [9.17, 15) is 4.79 Å². The molecule has 122 valence electrons. The molecule has 0 radical (unpaired) electrons. The van der Waals surface area contributed by atoms with E-state index < -0.39 is 0 Å². The van der Waals surface area contributed by atoms with E-state index in [-0.39, 0.29) is 10.7 Å². The molecule has 1 aromatic heterocycles. The largest absolute Gasteiger partial charge is 0.321 e. The highest BCUT2D eigenvalue weighted by Crippen LogP contribution is 2.32. The predicted octanol–water partition coefficient (Wildman–Crippen LogP) is 3.20. The Kier molecular flexibility index (Phi) is 4.46. The van der Waals surface area contributed by atoms with Crippen LogP contribution in [0.5, 0.6) is 0 Å². The van der Waals surface area contributed by atoms with Gasteiger partial charge >= 0.3 is 0 Å². The lowest BCUT2D eigenvalue weighted by Crippen LogP contribution is -2.25. The number of rotatable bonds is 3. The van der Waals surface area contributed by atoms with Crippen LogP contribution in [0.15, 0.2) is 29.2 Å². The van der Waals surface area contributed by atoms with Crippen LogP contribution in [0.2, 0.25) is 0 Å². The Morgan fingerprint density at radius 2 is 2.00 bits per heavy atom. The molecule has 0 aliphatic carbocycles.